The van der Waals surface area contributed by atoms with Crippen molar-refractivity contribution >= 4 is 0 Å². The summed E-state index contributed by atoms with van der Waals surface area (Å²) in [6.45, 7) is 12.4. The second-order valence-corrected chi connectivity index (χ2v) is 8.05. The van der Waals surface area contributed by atoms with Gasteiger partial charge < -0.3 is 10.2 Å². The van der Waals surface area contributed by atoms with E-state index in [0.29, 0.717) is 5.41 Å². The third-order valence-electron chi connectivity index (χ3n) is 5.60. The number of nitrogens with one attached hydrogen (secondary N) is 1. The van der Waals surface area contributed by atoms with Gasteiger partial charge >= 0.3 is 0 Å². The van der Waals surface area contributed by atoms with Crippen molar-refractivity contribution in [2.75, 3.05) is 20.1 Å². The molecule has 0 radical (unpaired) electrons. The first-order chi connectivity index (χ1) is 8.91. The molecule has 1 aliphatic carbocycles. The molecule has 2 nitrogen and oxygen atoms in total. The predicted molar refractivity (Wildman–Crippen MR) is 83.4 cm³/mol. The summed E-state index contributed by atoms with van der Waals surface area (Å²) in [4.78, 5) is 2.77. The Hall–Kier alpha value is -0.0800. The molecule has 0 spiro atoms. The van der Waals surface area contributed by atoms with Crippen molar-refractivity contribution in [3.05, 3.63) is 0 Å². The van der Waals surface area contributed by atoms with Crippen LogP contribution in [0.3, 0.4) is 0 Å². The molecule has 4 atom stereocenters. The van der Waals surface area contributed by atoms with E-state index in [1.807, 2.05) is 0 Å². The van der Waals surface area contributed by atoms with Crippen LogP contribution in [0.4, 0.5) is 0 Å². The van der Waals surface area contributed by atoms with Crippen LogP contribution in [0.2, 0.25) is 0 Å². The van der Waals surface area contributed by atoms with Crippen molar-refractivity contribution < 1.29 is 0 Å². The van der Waals surface area contributed by atoms with E-state index in [2.05, 4.69) is 45.0 Å². The van der Waals surface area contributed by atoms with Gasteiger partial charge in [-0.05, 0) is 63.3 Å². The molecule has 0 aromatic heterocycles. The number of rotatable bonds is 3. The molecule has 112 valence electrons. The van der Waals surface area contributed by atoms with E-state index in [1.54, 1.807) is 0 Å². The molecule has 0 aromatic carbocycles. The van der Waals surface area contributed by atoms with Crippen LogP contribution in [0, 0.1) is 17.3 Å². The van der Waals surface area contributed by atoms with Crippen LogP contribution in [0.15, 0.2) is 0 Å². The molecule has 0 amide bonds. The Labute approximate surface area is 120 Å². The van der Waals surface area contributed by atoms with Gasteiger partial charge in [0, 0.05) is 25.2 Å². The summed E-state index contributed by atoms with van der Waals surface area (Å²) in [6, 6.07) is 1.52. The van der Waals surface area contributed by atoms with Crippen LogP contribution < -0.4 is 5.32 Å². The fourth-order valence-corrected chi connectivity index (χ4v) is 4.24. The Bertz CT molecular complexity index is 287. The molecule has 1 aliphatic heterocycles. The van der Waals surface area contributed by atoms with Crippen LogP contribution in [-0.2, 0) is 0 Å². The van der Waals surface area contributed by atoms with Gasteiger partial charge in [-0.3, -0.25) is 0 Å². The van der Waals surface area contributed by atoms with Crippen molar-refractivity contribution in [3.63, 3.8) is 0 Å². The van der Waals surface area contributed by atoms with Gasteiger partial charge in [0.15, 0.2) is 0 Å². The first-order valence-electron chi connectivity index (χ1n) is 8.32. The third-order valence-corrected chi connectivity index (χ3v) is 5.60. The van der Waals surface area contributed by atoms with Gasteiger partial charge in [-0.25, -0.2) is 0 Å². The Morgan fingerprint density at radius 1 is 1.16 bits per heavy atom. The molecule has 19 heavy (non-hydrogen) atoms. The predicted octanol–water partition coefficient (Wildman–Crippen LogP) is 3.52. The molecule has 0 bridgehead atoms. The number of nitrogens with zero attached hydrogens (tertiary/aromatic N) is 1. The van der Waals surface area contributed by atoms with E-state index >= 15 is 0 Å². The quantitative estimate of drug-likeness (QED) is 0.841. The minimum Gasteiger partial charge on any atom is -0.317 e. The van der Waals surface area contributed by atoms with Crippen LogP contribution in [-0.4, -0.2) is 37.1 Å². The van der Waals surface area contributed by atoms with Crippen LogP contribution in [0.25, 0.3) is 0 Å². The third kappa shape index (κ3) is 3.95. The maximum absolute atomic E-state index is 3.58. The summed E-state index contributed by atoms with van der Waals surface area (Å²) < 4.78 is 0. The zero-order valence-corrected chi connectivity index (χ0v) is 13.7. The maximum atomic E-state index is 3.58. The molecule has 2 fully saturated rings. The second-order valence-electron chi connectivity index (χ2n) is 8.05. The fourth-order valence-electron chi connectivity index (χ4n) is 4.24. The number of likely N-dealkylation sites (tertiary alicyclic amines) is 1. The lowest BCUT2D eigenvalue weighted by Crippen LogP contribution is -2.50. The minimum absolute atomic E-state index is 0.544. The molecule has 2 aliphatic rings. The van der Waals surface area contributed by atoms with Crippen molar-refractivity contribution in [2.24, 2.45) is 17.3 Å². The summed E-state index contributed by atoms with van der Waals surface area (Å²) in [6.07, 6.45) is 6.92. The minimum atomic E-state index is 0.544. The molecule has 1 saturated carbocycles. The van der Waals surface area contributed by atoms with E-state index in [1.165, 1.54) is 45.2 Å². The van der Waals surface area contributed by atoms with Crippen molar-refractivity contribution in [2.45, 2.75) is 71.9 Å². The van der Waals surface area contributed by atoms with Crippen LogP contribution >= 0.6 is 0 Å². The first kappa shape index (κ1) is 15.3. The summed E-state index contributed by atoms with van der Waals surface area (Å²) in [5, 5.41) is 3.58. The Morgan fingerprint density at radius 2 is 1.89 bits per heavy atom. The lowest BCUT2D eigenvalue weighted by Gasteiger charge is -2.45. The highest BCUT2D eigenvalue weighted by molar-refractivity contribution is 4.91. The highest BCUT2D eigenvalue weighted by Crippen LogP contribution is 2.39. The zero-order chi connectivity index (χ0) is 14.0. The molecule has 2 heteroatoms. The van der Waals surface area contributed by atoms with E-state index in [9.17, 15) is 0 Å². The lowest BCUT2D eigenvalue weighted by atomic mass is 9.69. The van der Waals surface area contributed by atoms with Gasteiger partial charge in [-0.1, -0.05) is 20.8 Å². The summed E-state index contributed by atoms with van der Waals surface area (Å²) in [5.74, 6) is 1.72. The van der Waals surface area contributed by atoms with Gasteiger partial charge in [0.25, 0.3) is 0 Å². The topological polar surface area (TPSA) is 15.3 Å². The zero-order valence-electron chi connectivity index (χ0n) is 13.7. The average Bonchev–Trinajstić information content (AvgIpc) is 2.33. The summed E-state index contributed by atoms with van der Waals surface area (Å²) in [7, 11) is 2.15. The van der Waals surface area contributed by atoms with Crippen molar-refractivity contribution in [1.29, 1.82) is 0 Å². The van der Waals surface area contributed by atoms with Gasteiger partial charge in [-0.2, -0.15) is 0 Å². The van der Waals surface area contributed by atoms with Crippen molar-refractivity contribution in [1.82, 2.24) is 10.2 Å². The lowest BCUT2D eigenvalue weighted by molar-refractivity contribution is 0.0581. The molecule has 4 unspecified atom stereocenters. The molecule has 1 heterocycles. The molecular formula is C17H34N2. The Morgan fingerprint density at radius 3 is 2.58 bits per heavy atom. The average molecular weight is 266 g/mol. The van der Waals surface area contributed by atoms with Crippen LogP contribution in [0.5, 0.6) is 0 Å². The normalized spacial score (nSPS) is 40.3. The van der Waals surface area contributed by atoms with Gasteiger partial charge in [0.05, 0.1) is 0 Å². The second kappa shape index (κ2) is 6.13. The largest absolute Gasteiger partial charge is 0.317 e. The van der Waals surface area contributed by atoms with E-state index < -0.39 is 0 Å². The van der Waals surface area contributed by atoms with Crippen molar-refractivity contribution in [3.8, 4) is 0 Å². The number of hydrogen-bond acceptors (Lipinski definition) is 2. The smallest absolute Gasteiger partial charge is 0.0105 e. The number of hydrogen-bond donors (Lipinski definition) is 1. The highest BCUT2D eigenvalue weighted by Gasteiger charge is 2.36. The highest BCUT2D eigenvalue weighted by atomic mass is 15.2. The SMILES string of the molecule is CNC1CCC(C)(C)CC1CN1CC(C)CCC1C. The molecule has 1 saturated heterocycles. The Balaban J connectivity index is 1.98. The molecule has 2 rings (SSSR count). The van der Waals surface area contributed by atoms with Gasteiger partial charge in [0.1, 0.15) is 0 Å². The number of piperidine rings is 1. The Kier molecular flexibility index (Phi) is 4.94. The molecule has 1 N–H and O–H groups in total. The van der Waals surface area contributed by atoms with E-state index in [-0.39, 0.29) is 0 Å². The molecule has 0 aromatic rings. The summed E-state index contributed by atoms with van der Waals surface area (Å²) >= 11 is 0. The van der Waals surface area contributed by atoms with E-state index in [4.69, 9.17) is 0 Å². The summed E-state index contributed by atoms with van der Waals surface area (Å²) in [5.41, 5.74) is 0.544. The maximum Gasteiger partial charge on any atom is 0.0105 e. The van der Waals surface area contributed by atoms with Crippen LogP contribution in [0.1, 0.15) is 59.8 Å². The fraction of sp³-hybridized carbons (Fsp3) is 1.00. The first-order valence-corrected chi connectivity index (χ1v) is 8.32. The van der Waals surface area contributed by atoms with Gasteiger partial charge in [-0.15, -0.1) is 0 Å². The van der Waals surface area contributed by atoms with E-state index in [0.717, 1.165) is 23.9 Å². The monoisotopic (exact) mass is 266 g/mol. The standard InChI is InChI=1S/C17H34N2/c1-13-6-7-14(2)19(11-13)12-15-10-17(3,4)9-8-16(15)18-5/h13-16,18H,6-12H2,1-5H3. The molecular weight excluding hydrogens is 232 g/mol. The van der Waals surface area contributed by atoms with Gasteiger partial charge in [0.2, 0.25) is 0 Å².